The number of Topliss-reactive ketones (excluding diaryl/α,β-unsaturated/α-hetero) is 2. The number of ether oxygens (including phenoxy) is 1. The Morgan fingerprint density at radius 3 is 2.27 bits per heavy atom. The Bertz CT molecular complexity index is 430. The Labute approximate surface area is 134 Å². The van der Waals surface area contributed by atoms with Gasteiger partial charge in [0, 0.05) is 23.5 Å². The van der Waals surface area contributed by atoms with Gasteiger partial charge in [-0.05, 0) is 32.1 Å². The van der Waals surface area contributed by atoms with Gasteiger partial charge in [0.2, 0.25) is 0 Å². The second-order valence-electron chi connectivity index (χ2n) is 8.56. The van der Waals surface area contributed by atoms with Crippen molar-refractivity contribution in [3.8, 4) is 0 Å². The molecule has 0 radical (unpaired) electrons. The molecule has 4 heteroatoms. The van der Waals surface area contributed by atoms with Crippen molar-refractivity contribution in [3.63, 3.8) is 0 Å². The molecule has 0 aromatic rings. The Morgan fingerprint density at radius 1 is 1.05 bits per heavy atom. The van der Waals surface area contributed by atoms with Crippen LogP contribution in [-0.2, 0) is 14.3 Å². The van der Waals surface area contributed by atoms with Crippen LogP contribution < -0.4 is 5.32 Å². The van der Waals surface area contributed by atoms with Crippen molar-refractivity contribution in [2.75, 3.05) is 6.61 Å². The van der Waals surface area contributed by atoms with E-state index in [1.165, 1.54) is 0 Å². The van der Waals surface area contributed by atoms with Crippen LogP contribution in [0.1, 0.15) is 66.7 Å². The molecule has 2 rings (SSSR count). The molecule has 2 aliphatic heterocycles. The van der Waals surface area contributed by atoms with Crippen molar-refractivity contribution in [3.05, 3.63) is 0 Å². The summed E-state index contributed by atoms with van der Waals surface area (Å²) >= 11 is 0. The first-order valence-corrected chi connectivity index (χ1v) is 8.57. The lowest BCUT2D eigenvalue weighted by Crippen LogP contribution is -2.44. The molecule has 0 amide bonds. The van der Waals surface area contributed by atoms with E-state index in [0.717, 1.165) is 32.1 Å². The summed E-state index contributed by atoms with van der Waals surface area (Å²) in [7, 11) is 0. The second-order valence-corrected chi connectivity index (χ2v) is 8.56. The topological polar surface area (TPSA) is 55.4 Å². The van der Waals surface area contributed by atoms with Crippen molar-refractivity contribution in [1.29, 1.82) is 0 Å². The Balaban J connectivity index is 1.91. The number of hydrogen-bond donors (Lipinski definition) is 1. The van der Waals surface area contributed by atoms with E-state index in [0.29, 0.717) is 6.61 Å². The Hall–Kier alpha value is -0.740. The molecule has 0 aliphatic carbocycles. The van der Waals surface area contributed by atoms with Gasteiger partial charge in [0.05, 0.1) is 6.04 Å². The van der Waals surface area contributed by atoms with E-state index in [-0.39, 0.29) is 35.2 Å². The summed E-state index contributed by atoms with van der Waals surface area (Å²) in [6.45, 7) is 10.6. The largest absolute Gasteiger partial charge is 0.370 e. The normalized spacial score (nSPS) is 29.8. The summed E-state index contributed by atoms with van der Waals surface area (Å²) in [5.74, 6) is 0.496. The van der Waals surface area contributed by atoms with Crippen molar-refractivity contribution < 1.29 is 14.3 Å². The molecule has 3 unspecified atom stereocenters. The molecule has 3 atom stereocenters. The minimum absolute atomic E-state index is 0.0568. The second kappa shape index (κ2) is 6.40. The number of hydrogen-bond acceptors (Lipinski definition) is 4. The standard InChI is InChI=1S/C18H31NO3/c1-17(2,3)15(20)13-9-8-12(19-13)11-18(4,5)16(21)14-7-6-10-22-14/h12-14,19H,6-11H2,1-5H3. The zero-order chi connectivity index (χ0) is 16.5. The summed E-state index contributed by atoms with van der Waals surface area (Å²) in [5.41, 5.74) is -0.706. The fourth-order valence-electron chi connectivity index (χ4n) is 3.65. The minimum Gasteiger partial charge on any atom is -0.370 e. The molecule has 2 saturated heterocycles. The van der Waals surface area contributed by atoms with Crippen LogP contribution in [-0.4, -0.2) is 36.4 Å². The van der Waals surface area contributed by atoms with E-state index >= 15 is 0 Å². The maximum atomic E-state index is 12.6. The van der Waals surface area contributed by atoms with Crippen LogP contribution in [0, 0.1) is 10.8 Å². The van der Waals surface area contributed by atoms with Crippen LogP contribution in [0.25, 0.3) is 0 Å². The first kappa shape index (κ1) is 17.6. The molecule has 4 nitrogen and oxygen atoms in total. The van der Waals surface area contributed by atoms with Gasteiger partial charge in [0.25, 0.3) is 0 Å². The predicted molar refractivity (Wildman–Crippen MR) is 86.8 cm³/mol. The lowest BCUT2D eigenvalue weighted by Gasteiger charge is -2.29. The van der Waals surface area contributed by atoms with Crippen LogP contribution in [0.3, 0.4) is 0 Å². The molecule has 1 N–H and O–H groups in total. The first-order chi connectivity index (χ1) is 10.1. The van der Waals surface area contributed by atoms with Gasteiger partial charge < -0.3 is 10.1 Å². The quantitative estimate of drug-likeness (QED) is 0.848. The van der Waals surface area contributed by atoms with Crippen molar-refractivity contribution in [2.45, 2.75) is 84.9 Å². The molecule has 0 saturated carbocycles. The number of rotatable bonds is 5. The zero-order valence-corrected chi connectivity index (χ0v) is 14.7. The maximum Gasteiger partial charge on any atom is 0.167 e. The highest BCUT2D eigenvalue weighted by molar-refractivity contribution is 5.89. The number of ketones is 2. The monoisotopic (exact) mass is 309 g/mol. The van der Waals surface area contributed by atoms with Gasteiger partial charge in [0.15, 0.2) is 11.6 Å². The van der Waals surface area contributed by atoms with Crippen LogP contribution >= 0.6 is 0 Å². The predicted octanol–water partition coefficient (Wildman–Crippen LogP) is 2.89. The van der Waals surface area contributed by atoms with E-state index in [1.54, 1.807) is 0 Å². The average molecular weight is 309 g/mol. The molecule has 2 fully saturated rings. The van der Waals surface area contributed by atoms with Gasteiger partial charge in [-0.15, -0.1) is 0 Å². The highest BCUT2D eigenvalue weighted by atomic mass is 16.5. The zero-order valence-electron chi connectivity index (χ0n) is 14.7. The van der Waals surface area contributed by atoms with Crippen molar-refractivity contribution >= 4 is 11.6 Å². The Morgan fingerprint density at radius 2 is 1.73 bits per heavy atom. The van der Waals surface area contributed by atoms with Gasteiger partial charge >= 0.3 is 0 Å². The number of nitrogens with one attached hydrogen (secondary N) is 1. The summed E-state index contributed by atoms with van der Waals surface area (Å²) in [6.07, 6.45) is 4.24. The highest BCUT2D eigenvalue weighted by Gasteiger charge is 2.41. The molecular formula is C18H31NO3. The molecular weight excluding hydrogens is 278 g/mol. The maximum absolute atomic E-state index is 12.6. The van der Waals surface area contributed by atoms with Gasteiger partial charge in [-0.25, -0.2) is 0 Å². The average Bonchev–Trinajstić information content (AvgIpc) is 3.06. The molecule has 0 bridgehead atoms. The van der Waals surface area contributed by atoms with Crippen LogP contribution in [0.2, 0.25) is 0 Å². The van der Waals surface area contributed by atoms with E-state index < -0.39 is 5.41 Å². The molecule has 0 aromatic carbocycles. The van der Waals surface area contributed by atoms with Crippen molar-refractivity contribution in [2.24, 2.45) is 10.8 Å². The summed E-state index contributed by atoms with van der Waals surface area (Å²) in [5, 5.41) is 3.46. The summed E-state index contributed by atoms with van der Waals surface area (Å²) in [4.78, 5) is 25.0. The van der Waals surface area contributed by atoms with E-state index in [1.807, 2.05) is 34.6 Å². The molecule has 2 heterocycles. The van der Waals surface area contributed by atoms with Crippen LogP contribution in [0.4, 0.5) is 0 Å². The SMILES string of the molecule is CC(C)(C)C(=O)C1CCC(CC(C)(C)C(=O)C2CCCO2)N1. The van der Waals surface area contributed by atoms with Crippen LogP contribution in [0.15, 0.2) is 0 Å². The summed E-state index contributed by atoms with van der Waals surface area (Å²) in [6, 6.07) is 0.190. The molecule has 0 aromatic heterocycles. The number of carbonyl (C=O) groups is 2. The lowest BCUT2D eigenvalue weighted by atomic mass is 9.78. The third kappa shape index (κ3) is 3.96. The van der Waals surface area contributed by atoms with Crippen LogP contribution in [0.5, 0.6) is 0 Å². The molecule has 0 spiro atoms. The van der Waals surface area contributed by atoms with Crippen molar-refractivity contribution in [1.82, 2.24) is 5.32 Å². The lowest BCUT2D eigenvalue weighted by molar-refractivity contribution is -0.137. The van der Waals surface area contributed by atoms with E-state index in [9.17, 15) is 9.59 Å². The number of carbonyl (C=O) groups excluding carboxylic acids is 2. The summed E-state index contributed by atoms with van der Waals surface area (Å²) < 4.78 is 5.55. The van der Waals surface area contributed by atoms with Gasteiger partial charge in [-0.1, -0.05) is 34.6 Å². The van der Waals surface area contributed by atoms with E-state index in [2.05, 4.69) is 5.32 Å². The Kier molecular flexibility index (Phi) is 5.13. The first-order valence-electron chi connectivity index (χ1n) is 8.57. The molecule has 2 aliphatic rings. The smallest absolute Gasteiger partial charge is 0.167 e. The minimum atomic E-state index is -0.396. The third-order valence-electron chi connectivity index (χ3n) is 4.94. The molecule has 126 valence electrons. The highest BCUT2D eigenvalue weighted by Crippen LogP contribution is 2.33. The molecule has 22 heavy (non-hydrogen) atoms. The van der Waals surface area contributed by atoms with Gasteiger partial charge in [-0.2, -0.15) is 0 Å². The fraction of sp³-hybridized carbons (Fsp3) is 0.889. The third-order valence-corrected chi connectivity index (χ3v) is 4.94. The van der Waals surface area contributed by atoms with E-state index in [4.69, 9.17) is 4.74 Å². The van der Waals surface area contributed by atoms with Gasteiger partial charge in [-0.3, -0.25) is 9.59 Å². The van der Waals surface area contributed by atoms with Gasteiger partial charge in [0.1, 0.15) is 6.10 Å². The fourth-order valence-corrected chi connectivity index (χ4v) is 3.65.